The normalized spacial score (nSPS) is 17.6. The van der Waals surface area contributed by atoms with E-state index < -0.39 is 0 Å². The van der Waals surface area contributed by atoms with Crippen molar-refractivity contribution in [2.24, 2.45) is 0 Å². The van der Waals surface area contributed by atoms with Crippen LogP contribution in [-0.4, -0.2) is 37.2 Å². The average Bonchev–Trinajstić information content (AvgIpc) is 2.46. The lowest BCUT2D eigenvalue weighted by Crippen LogP contribution is -2.34. The molecule has 1 fully saturated rings. The van der Waals surface area contributed by atoms with Crippen molar-refractivity contribution in [3.8, 4) is 0 Å². The molecule has 1 aliphatic rings. The van der Waals surface area contributed by atoms with Gasteiger partial charge in [0, 0.05) is 30.1 Å². The summed E-state index contributed by atoms with van der Waals surface area (Å²) in [7, 11) is 2.18. The number of piperidine rings is 1. The van der Waals surface area contributed by atoms with Crippen LogP contribution in [0, 0.1) is 0 Å². The molecule has 0 bridgehead atoms. The summed E-state index contributed by atoms with van der Waals surface area (Å²) < 4.78 is 7.22. The van der Waals surface area contributed by atoms with Gasteiger partial charge in [0.1, 0.15) is 0 Å². The third kappa shape index (κ3) is 5.70. The van der Waals surface area contributed by atoms with Crippen LogP contribution < -0.4 is 5.32 Å². The highest BCUT2D eigenvalue weighted by molar-refractivity contribution is 9.10. The van der Waals surface area contributed by atoms with Crippen molar-refractivity contribution in [1.82, 2.24) is 10.2 Å². The van der Waals surface area contributed by atoms with Gasteiger partial charge in [-0.3, -0.25) is 0 Å². The summed E-state index contributed by atoms with van der Waals surface area (Å²) in [6.07, 6.45) is 2.70. The summed E-state index contributed by atoms with van der Waals surface area (Å²) in [6.45, 7) is 8.23. The van der Waals surface area contributed by atoms with Gasteiger partial charge in [0.15, 0.2) is 0 Å². The van der Waals surface area contributed by atoms with Gasteiger partial charge in [0.2, 0.25) is 0 Å². The summed E-state index contributed by atoms with van der Waals surface area (Å²) in [6, 6.07) is 7.07. The minimum atomic E-state index is 0.412. The van der Waals surface area contributed by atoms with Gasteiger partial charge in [-0.15, -0.1) is 0 Å². The molecule has 0 aliphatic carbocycles. The quantitative estimate of drug-likeness (QED) is 0.845. The van der Waals surface area contributed by atoms with Crippen LogP contribution in [0.5, 0.6) is 0 Å². The van der Waals surface area contributed by atoms with Crippen molar-refractivity contribution in [3.63, 3.8) is 0 Å². The molecule has 1 saturated heterocycles. The zero-order valence-corrected chi connectivity index (χ0v) is 14.9. The van der Waals surface area contributed by atoms with E-state index >= 15 is 0 Å². The molecule has 0 unspecified atom stereocenters. The second-order valence-electron chi connectivity index (χ2n) is 6.28. The highest BCUT2D eigenvalue weighted by Crippen LogP contribution is 2.22. The molecule has 1 aromatic carbocycles. The molecule has 0 radical (unpaired) electrons. The van der Waals surface area contributed by atoms with Crippen molar-refractivity contribution in [1.29, 1.82) is 0 Å². The third-order valence-electron chi connectivity index (χ3n) is 3.97. The van der Waals surface area contributed by atoms with E-state index in [1.54, 1.807) is 0 Å². The Labute approximate surface area is 137 Å². The van der Waals surface area contributed by atoms with Crippen LogP contribution in [0.4, 0.5) is 0 Å². The monoisotopic (exact) mass is 354 g/mol. The molecule has 1 aliphatic heterocycles. The molecule has 1 N–H and O–H groups in total. The van der Waals surface area contributed by atoms with Gasteiger partial charge in [-0.2, -0.15) is 0 Å². The summed E-state index contributed by atoms with van der Waals surface area (Å²) >= 11 is 3.67. The van der Waals surface area contributed by atoms with E-state index in [1.807, 2.05) is 0 Å². The minimum Gasteiger partial charge on any atom is -0.373 e. The maximum Gasteiger partial charge on any atom is 0.0731 e. The lowest BCUT2D eigenvalue weighted by molar-refractivity contribution is 0.00191. The fraction of sp³-hybridized carbons (Fsp3) is 0.647. The van der Waals surface area contributed by atoms with Crippen molar-refractivity contribution < 1.29 is 4.74 Å². The number of ether oxygens (including phenoxy) is 1. The van der Waals surface area contributed by atoms with Crippen molar-refractivity contribution in [2.75, 3.05) is 20.1 Å². The predicted octanol–water partition coefficient (Wildman–Crippen LogP) is 3.56. The Morgan fingerprint density at radius 3 is 2.67 bits per heavy atom. The molecule has 2 rings (SSSR count). The molecule has 0 amide bonds. The summed E-state index contributed by atoms with van der Waals surface area (Å²) in [5.74, 6) is 0. The van der Waals surface area contributed by atoms with Gasteiger partial charge in [-0.05, 0) is 37.1 Å². The maximum absolute atomic E-state index is 6.06. The average molecular weight is 355 g/mol. The van der Waals surface area contributed by atoms with Crippen LogP contribution in [0.25, 0.3) is 0 Å². The summed E-state index contributed by atoms with van der Waals surface area (Å²) in [4.78, 5) is 2.37. The van der Waals surface area contributed by atoms with E-state index in [4.69, 9.17) is 4.74 Å². The van der Waals surface area contributed by atoms with Gasteiger partial charge in [0.25, 0.3) is 0 Å². The fourth-order valence-corrected chi connectivity index (χ4v) is 3.04. The first-order chi connectivity index (χ1) is 10.0. The molecule has 0 saturated carbocycles. The Morgan fingerprint density at radius 1 is 1.33 bits per heavy atom. The van der Waals surface area contributed by atoms with E-state index in [0.717, 1.165) is 36.9 Å². The van der Waals surface area contributed by atoms with Gasteiger partial charge < -0.3 is 15.0 Å². The van der Waals surface area contributed by atoms with Crippen molar-refractivity contribution >= 4 is 15.9 Å². The Hall–Kier alpha value is -0.420. The number of likely N-dealkylation sites (tertiary alicyclic amines) is 1. The Balaban J connectivity index is 1.83. The Bertz CT molecular complexity index is 442. The van der Waals surface area contributed by atoms with Crippen molar-refractivity contribution in [2.45, 2.75) is 52.0 Å². The van der Waals surface area contributed by atoms with Crippen LogP contribution in [0.3, 0.4) is 0 Å². The standard InChI is InChI=1S/C17H27BrN2O/c1-13(2)19-11-14-4-5-15(17(18)10-14)12-21-16-6-8-20(3)9-7-16/h4-5,10,13,16,19H,6-9,11-12H2,1-3H3. The molecule has 1 heterocycles. The molecule has 21 heavy (non-hydrogen) atoms. The molecule has 4 heteroatoms. The third-order valence-corrected chi connectivity index (χ3v) is 4.71. The largest absolute Gasteiger partial charge is 0.373 e. The molecule has 0 aromatic heterocycles. The lowest BCUT2D eigenvalue weighted by atomic mass is 10.1. The summed E-state index contributed by atoms with van der Waals surface area (Å²) in [5, 5.41) is 3.44. The predicted molar refractivity (Wildman–Crippen MR) is 91.4 cm³/mol. The zero-order chi connectivity index (χ0) is 15.2. The number of rotatable bonds is 6. The second kappa shape index (κ2) is 8.28. The van der Waals surface area contributed by atoms with E-state index in [9.17, 15) is 0 Å². The van der Waals surface area contributed by atoms with Gasteiger partial charge in [0.05, 0.1) is 12.7 Å². The number of nitrogens with one attached hydrogen (secondary N) is 1. The highest BCUT2D eigenvalue weighted by Gasteiger charge is 2.17. The van der Waals surface area contributed by atoms with Crippen LogP contribution in [0.15, 0.2) is 22.7 Å². The maximum atomic E-state index is 6.06. The molecular formula is C17H27BrN2O. The number of hydrogen-bond donors (Lipinski definition) is 1. The van der Waals surface area contributed by atoms with E-state index in [1.165, 1.54) is 11.1 Å². The number of benzene rings is 1. The van der Waals surface area contributed by atoms with E-state index in [-0.39, 0.29) is 0 Å². The Morgan fingerprint density at radius 2 is 2.05 bits per heavy atom. The van der Waals surface area contributed by atoms with Gasteiger partial charge >= 0.3 is 0 Å². The van der Waals surface area contributed by atoms with Crippen LogP contribution in [-0.2, 0) is 17.9 Å². The molecule has 0 spiro atoms. The number of halogens is 1. The van der Waals surface area contributed by atoms with E-state index in [0.29, 0.717) is 18.8 Å². The molecule has 1 aromatic rings. The first kappa shape index (κ1) is 16.9. The minimum absolute atomic E-state index is 0.412. The first-order valence-corrected chi connectivity index (χ1v) is 8.64. The van der Waals surface area contributed by atoms with Gasteiger partial charge in [-0.1, -0.05) is 41.9 Å². The van der Waals surface area contributed by atoms with Crippen molar-refractivity contribution in [3.05, 3.63) is 33.8 Å². The molecule has 118 valence electrons. The molecular weight excluding hydrogens is 328 g/mol. The first-order valence-electron chi connectivity index (χ1n) is 7.85. The number of hydrogen-bond acceptors (Lipinski definition) is 3. The zero-order valence-electron chi connectivity index (χ0n) is 13.4. The lowest BCUT2D eigenvalue weighted by Gasteiger charge is -2.29. The fourth-order valence-electron chi connectivity index (χ4n) is 2.50. The van der Waals surface area contributed by atoms with Gasteiger partial charge in [-0.25, -0.2) is 0 Å². The number of nitrogens with zero attached hydrogens (tertiary/aromatic N) is 1. The summed E-state index contributed by atoms with van der Waals surface area (Å²) in [5.41, 5.74) is 2.54. The topological polar surface area (TPSA) is 24.5 Å². The molecule has 0 atom stereocenters. The van der Waals surface area contributed by atoms with Crippen LogP contribution in [0.1, 0.15) is 37.8 Å². The van der Waals surface area contributed by atoms with E-state index in [2.05, 4.69) is 65.2 Å². The Kier molecular flexibility index (Phi) is 6.68. The SMILES string of the molecule is CC(C)NCc1ccc(COC2CCN(C)CC2)c(Br)c1. The molecule has 3 nitrogen and oxygen atoms in total. The smallest absolute Gasteiger partial charge is 0.0731 e. The highest BCUT2D eigenvalue weighted by atomic mass is 79.9. The van der Waals surface area contributed by atoms with Crippen LogP contribution >= 0.6 is 15.9 Å². The van der Waals surface area contributed by atoms with Crippen LogP contribution in [0.2, 0.25) is 0 Å². The second-order valence-corrected chi connectivity index (χ2v) is 7.13.